The minimum Gasteiger partial charge on any atom is -0.207 e. The first kappa shape index (κ1) is 14.0. The maximum absolute atomic E-state index is 13.4. The molecular weight excluding hydrogens is 382 g/mol. The largest absolute Gasteiger partial charge is 0.207 e. The Morgan fingerprint density at radius 2 is 1.94 bits per heavy atom. The van der Waals surface area contributed by atoms with Gasteiger partial charge in [-0.1, -0.05) is 61.7 Å². The molecule has 0 bridgehead atoms. The molecule has 0 aliphatic carbocycles. The number of halogens is 4. The van der Waals surface area contributed by atoms with E-state index in [1.165, 1.54) is 6.07 Å². The Balaban J connectivity index is 2.46. The molecule has 0 amide bonds. The summed E-state index contributed by atoms with van der Waals surface area (Å²) in [5, 5.41) is 0.431. The molecule has 0 aliphatic heterocycles. The summed E-state index contributed by atoms with van der Waals surface area (Å²) in [6.45, 7) is 1.73. The minimum absolute atomic E-state index is 0.0539. The van der Waals surface area contributed by atoms with Gasteiger partial charge < -0.3 is 0 Å². The zero-order valence-electron chi connectivity index (χ0n) is 9.55. The van der Waals surface area contributed by atoms with E-state index in [0.29, 0.717) is 10.6 Å². The van der Waals surface area contributed by atoms with Gasteiger partial charge >= 0.3 is 0 Å². The number of hydrogen-bond acceptors (Lipinski definition) is 0. The average Bonchev–Trinajstić information content (AvgIpc) is 2.33. The Bertz CT molecular complexity index is 584. The molecule has 0 spiro atoms. The molecule has 1 atom stereocenters. The summed E-state index contributed by atoms with van der Waals surface area (Å²) >= 11 is 13.1. The van der Waals surface area contributed by atoms with Crippen LogP contribution in [0, 0.1) is 12.7 Å². The highest BCUT2D eigenvalue weighted by Crippen LogP contribution is 2.37. The van der Waals surface area contributed by atoms with Gasteiger partial charge in [-0.05, 0) is 41.8 Å². The van der Waals surface area contributed by atoms with Gasteiger partial charge in [-0.25, -0.2) is 4.39 Å². The highest BCUT2D eigenvalue weighted by Gasteiger charge is 2.16. The third-order valence-electron chi connectivity index (χ3n) is 2.69. The number of hydrogen-bond donors (Lipinski definition) is 0. The summed E-state index contributed by atoms with van der Waals surface area (Å²) < 4.78 is 14.4. The van der Waals surface area contributed by atoms with E-state index in [0.717, 1.165) is 15.6 Å². The van der Waals surface area contributed by atoms with Gasteiger partial charge in [-0.3, -0.25) is 0 Å². The predicted octanol–water partition coefficient (Wildman–Crippen LogP) is 6.03. The van der Waals surface area contributed by atoms with E-state index < -0.39 is 0 Å². The summed E-state index contributed by atoms with van der Waals surface area (Å²) in [5.74, 6) is -0.280. The molecule has 2 rings (SSSR count). The zero-order chi connectivity index (χ0) is 13.3. The molecule has 0 fully saturated rings. The van der Waals surface area contributed by atoms with Crippen LogP contribution in [-0.2, 0) is 0 Å². The van der Waals surface area contributed by atoms with E-state index in [9.17, 15) is 4.39 Å². The molecule has 4 heteroatoms. The molecule has 0 aromatic heterocycles. The molecule has 1 unspecified atom stereocenters. The van der Waals surface area contributed by atoms with Crippen LogP contribution in [0.3, 0.4) is 0 Å². The molecule has 0 saturated heterocycles. The predicted molar refractivity (Wildman–Crippen MR) is 81.1 cm³/mol. The smallest absolute Gasteiger partial charge is 0.127 e. The van der Waals surface area contributed by atoms with Gasteiger partial charge in [0, 0.05) is 9.50 Å². The van der Waals surface area contributed by atoms with Crippen LogP contribution in [0.1, 0.15) is 21.5 Å². The highest BCUT2D eigenvalue weighted by molar-refractivity contribution is 9.10. The molecule has 0 radical (unpaired) electrons. The van der Waals surface area contributed by atoms with Gasteiger partial charge in [-0.15, -0.1) is 0 Å². The first-order chi connectivity index (χ1) is 8.49. The van der Waals surface area contributed by atoms with Crippen LogP contribution < -0.4 is 0 Å². The molecule has 0 N–H and O–H groups in total. The third-order valence-corrected chi connectivity index (χ3v) is 4.53. The Morgan fingerprint density at radius 1 is 1.22 bits per heavy atom. The van der Waals surface area contributed by atoms with Gasteiger partial charge in [-0.2, -0.15) is 0 Å². The van der Waals surface area contributed by atoms with Crippen molar-refractivity contribution in [3.63, 3.8) is 0 Å². The fraction of sp³-hybridized carbons (Fsp3) is 0.143. The van der Waals surface area contributed by atoms with E-state index >= 15 is 0 Å². The molecule has 2 aromatic carbocycles. The lowest BCUT2D eigenvalue weighted by molar-refractivity contribution is 0.618. The molecule has 94 valence electrons. The Kier molecular flexibility index (Phi) is 4.46. The number of benzene rings is 2. The third kappa shape index (κ3) is 2.95. The zero-order valence-corrected chi connectivity index (χ0v) is 13.5. The van der Waals surface area contributed by atoms with Crippen LogP contribution in [-0.4, -0.2) is 0 Å². The molecule has 0 nitrogen and oxygen atoms in total. The standard InChI is InChI=1S/C14H10Br2ClF/c1-8-5-11(12(17)7-13(8)18)14(16)9-3-2-4-10(15)6-9/h2-7,14H,1H3. The molecule has 2 aromatic rings. The first-order valence-electron chi connectivity index (χ1n) is 5.34. The molecule has 0 saturated carbocycles. The second-order valence-corrected chi connectivity index (χ2v) is 6.28. The first-order valence-corrected chi connectivity index (χ1v) is 7.43. The van der Waals surface area contributed by atoms with E-state index in [-0.39, 0.29) is 10.6 Å². The van der Waals surface area contributed by atoms with Crippen LogP contribution >= 0.6 is 43.5 Å². The van der Waals surface area contributed by atoms with Crippen LogP contribution in [0.2, 0.25) is 5.02 Å². The SMILES string of the molecule is Cc1cc(C(Br)c2cccc(Br)c2)c(Cl)cc1F. The van der Waals surface area contributed by atoms with E-state index in [4.69, 9.17) is 11.6 Å². The number of aryl methyl sites for hydroxylation is 1. The average molecular weight is 392 g/mol. The van der Waals surface area contributed by atoms with Crippen molar-refractivity contribution in [1.29, 1.82) is 0 Å². The summed E-state index contributed by atoms with van der Waals surface area (Å²) in [6.07, 6.45) is 0. The molecule has 18 heavy (non-hydrogen) atoms. The fourth-order valence-electron chi connectivity index (χ4n) is 1.72. The van der Waals surface area contributed by atoms with Gasteiger partial charge in [0.2, 0.25) is 0 Å². The van der Waals surface area contributed by atoms with Crippen molar-refractivity contribution in [3.05, 3.63) is 68.4 Å². The van der Waals surface area contributed by atoms with Crippen LogP contribution in [0.25, 0.3) is 0 Å². The van der Waals surface area contributed by atoms with Crippen LogP contribution in [0.15, 0.2) is 40.9 Å². The second-order valence-electron chi connectivity index (χ2n) is 4.04. The van der Waals surface area contributed by atoms with Crippen molar-refractivity contribution < 1.29 is 4.39 Å². The van der Waals surface area contributed by atoms with Crippen molar-refractivity contribution in [2.75, 3.05) is 0 Å². The molecule has 0 heterocycles. The Hall–Kier alpha value is -0.380. The quantitative estimate of drug-likeness (QED) is 0.547. The van der Waals surface area contributed by atoms with Gasteiger partial charge in [0.25, 0.3) is 0 Å². The fourth-order valence-corrected chi connectivity index (χ4v) is 3.19. The van der Waals surface area contributed by atoms with E-state index in [1.54, 1.807) is 13.0 Å². The summed E-state index contributed by atoms with van der Waals surface area (Å²) in [6, 6.07) is 11.1. The number of rotatable bonds is 2. The Morgan fingerprint density at radius 3 is 2.61 bits per heavy atom. The van der Waals surface area contributed by atoms with Crippen molar-refractivity contribution in [2.45, 2.75) is 11.8 Å². The Labute approximate surface area is 127 Å². The topological polar surface area (TPSA) is 0 Å². The van der Waals surface area contributed by atoms with Crippen molar-refractivity contribution >= 4 is 43.5 Å². The van der Waals surface area contributed by atoms with Crippen molar-refractivity contribution in [1.82, 2.24) is 0 Å². The van der Waals surface area contributed by atoms with Gasteiger partial charge in [0.15, 0.2) is 0 Å². The van der Waals surface area contributed by atoms with E-state index in [1.807, 2.05) is 24.3 Å². The lowest BCUT2D eigenvalue weighted by atomic mass is 10.0. The highest BCUT2D eigenvalue weighted by atomic mass is 79.9. The summed E-state index contributed by atoms with van der Waals surface area (Å²) in [4.78, 5) is -0.0539. The van der Waals surface area contributed by atoms with Crippen LogP contribution in [0.4, 0.5) is 4.39 Å². The minimum atomic E-state index is -0.280. The second kappa shape index (κ2) is 5.72. The summed E-state index contributed by atoms with van der Waals surface area (Å²) in [7, 11) is 0. The molecular formula is C14H10Br2ClF. The normalized spacial score (nSPS) is 12.5. The summed E-state index contributed by atoms with van der Waals surface area (Å²) in [5.41, 5.74) is 2.53. The monoisotopic (exact) mass is 390 g/mol. The number of alkyl halides is 1. The van der Waals surface area contributed by atoms with E-state index in [2.05, 4.69) is 31.9 Å². The lowest BCUT2D eigenvalue weighted by Crippen LogP contribution is -1.96. The van der Waals surface area contributed by atoms with Crippen LogP contribution in [0.5, 0.6) is 0 Å². The maximum Gasteiger partial charge on any atom is 0.127 e. The van der Waals surface area contributed by atoms with Gasteiger partial charge in [0.05, 0.1) is 4.83 Å². The molecule has 0 aliphatic rings. The van der Waals surface area contributed by atoms with Gasteiger partial charge in [0.1, 0.15) is 5.82 Å². The maximum atomic E-state index is 13.4. The van der Waals surface area contributed by atoms with Crippen molar-refractivity contribution in [3.8, 4) is 0 Å². The van der Waals surface area contributed by atoms with Crippen molar-refractivity contribution in [2.24, 2.45) is 0 Å². The lowest BCUT2D eigenvalue weighted by Gasteiger charge is -2.14.